The molecule has 0 amide bonds. The van der Waals surface area contributed by atoms with E-state index < -0.39 is 0 Å². The Labute approximate surface area is 146 Å². The van der Waals surface area contributed by atoms with Gasteiger partial charge >= 0.3 is 0 Å². The Balaban J connectivity index is 1.61. The zero-order valence-corrected chi connectivity index (χ0v) is 13.6. The largest absolute Gasteiger partial charge is 0.288 e. The molecular formula is C23H16NO+. The van der Waals surface area contributed by atoms with Gasteiger partial charge in [0.2, 0.25) is 5.69 Å². The predicted octanol–water partition coefficient (Wildman–Crippen LogP) is 4.39. The quantitative estimate of drug-likeness (QED) is 0.349. The first-order valence-electron chi connectivity index (χ1n) is 8.45. The molecule has 25 heavy (non-hydrogen) atoms. The summed E-state index contributed by atoms with van der Waals surface area (Å²) in [5, 5.41) is 2.10. The van der Waals surface area contributed by atoms with Crippen molar-refractivity contribution in [1.82, 2.24) is 0 Å². The highest BCUT2D eigenvalue weighted by Gasteiger charge is 2.27. The van der Waals surface area contributed by atoms with Crippen LogP contribution in [0.1, 0.15) is 21.5 Å². The highest BCUT2D eigenvalue weighted by Crippen LogP contribution is 2.27. The van der Waals surface area contributed by atoms with E-state index in [0.717, 1.165) is 28.4 Å². The molecule has 0 radical (unpaired) electrons. The van der Waals surface area contributed by atoms with Crippen LogP contribution >= 0.6 is 0 Å². The van der Waals surface area contributed by atoms with Crippen molar-refractivity contribution in [3.8, 4) is 11.3 Å². The standard InChI is InChI=1S/C23H16NO/c25-23(21-11-5-8-16-6-1-3-9-19(16)21)18-12-13-22-20-10-4-2-7-17(20)14-24(22)15-18/h1-13,15H,14H2/q+1. The van der Waals surface area contributed by atoms with Crippen LogP contribution in [0.3, 0.4) is 0 Å². The molecule has 1 aromatic heterocycles. The zero-order valence-electron chi connectivity index (χ0n) is 13.6. The Morgan fingerprint density at radius 2 is 1.60 bits per heavy atom. The van der Waals surface area contributed by atoms with E-state index in [4.69, 9.17) is 0 Å². The number of aromatic nitrogens is 1. The molecule has 2 heterocycles. The fraction of sp³-hybridized carbons (Fsp3) is 0.0435. The van der Waals surface area contributed by atoms with Crippen molar-refractivity contribution < 1.29 is 9.36 Å². The number of nitrogens with zero attached hydrogens (tertiary/aromatic N) is 1. The lowest BCUT2D eigenvalue weighted by Crippen LogP contribution is -2.33. The number of rotatable bonds is 2. The molecule has 118 valence electrons. The normalized spacial score (nSPS) is 12.0. The van der Waals surface area contributed by atoms with Gasteiger partial charge in [0, 0.05) is 17.2 Å². The molecule has 2 nitrogen and oxygen atoms in total. The smallest absolute Gasteiger partial charge is 0.213 e. The third-order valence-corrected chi connectivity index (χ3v) is 4.96. The molecule has 0 N–H and O–H groups in total. The number of fused-ring (bicyclic) bond motifs is 4. The van der Waals surface area contributed by atoms with Crippen molar-refractivity contribution >= 4 is 16.6 Å². The first kappa shape index (κ1) is 14.1. The summed E-state index contributed by atoms with van der Waals surface area (Å²) in [6.07, 6.45) is 1.99. The van der Waals surface area contributed by atoms with Crippen molar-refractivity contribution in [2.24, 2.45) is 0 Å². The molecule has 0 bridgehead atoms. The number of hydrogen-bond acceptors (Lipinski definition) is 1. The molecule has 3 aromatic carbocycles. The van der Waals surface area contributed by atoms with Gasteiger partial charge < -0.3 is 0 Å². The molecule has 0 saturated carbocycles. The van der Waals surface area contributed by atoms with Gasteiger partial charge in [-0.1, -0.05) is 60.7 Å². The molecule has 0 unspecified atom stereocenters. The molecule has 0 saturated heterocycles. The summed E-state index contributed by atoms with van der Waals surface area (Å²) in [4.78, 5) is 13.1. The lowest BCUT2D eigenvalue weighted by Gasteiger charge is -2.05. The number of carbonyl (C=O) groups excluding carboxylic acids is 1. The fourth-order valence-corrected chi connectivity index (χ4v) is 3.73. The molecule has 0 aliphatic carbocycles. The Bertz CT molecular complexity index is 1140. The van der Waals surface area contributed by atoms with Crippen LogP contribution in [0.2, 0.25) is 0 Å². The summed E-state index contributed by atoms with van der Waals surface area (Å²) in [5.41, 5.74) is 5.22. The van der Waals surface area contributed by atoms with Crippen LogP contribution in [0.15, 0.2) is 85.1 Å². The van der Waals surface area contributed by atoms with Gasteiger partial charge in [0.1, 0.15) is 0 Å². The van der Waals surface area contributed by atoms with Crippen molar-refractivity contribution in [1.29, 1.82) is 0 Å². The fourth-order valence-electron chi connectivity index (χ4n) is 3.73. The molecule has 2 heteroatoms. The van der Waals surface area contributed by atoms with Gasteiger partial charge in [-0.05, 0) is 22.9 Å². The number of hydrogen-bond donors (Lipinski definition) is 0. The maximum atomic E-state index is 13.1. The molecule has 0 fully saturated rings. The van der Waals surface area contributed by atoms with Gasteiger partial charge in [0.15, 0.2) is 18.5 Å². The summed E-state index contributed by atoms with van der Waals surface area (Å²) in [6, 6.07) is 26.4. The highest BCUT2D eigenvalue weighted by atomic mass is 16.1. The molecule has 1 aliphatic rings. The summed E-state index contributed by atoms with van der Waals surface area (Å²) in [5.74, 6) is 0.0723. The van der Waals surface area contributed by atoms with Crippen molar-refractivity contribution in [2.45, 2.75) is 6.54 Å². The maximum Gasteiger partial charge on any atom is 0.213 e. The monoisotopic (exact) mass is 322 g/mol. The third-order valence-electron chi connectivity index (χ3n) is 4.96. The van der Waals surface area contributed by atoms with Crippen LogP contribution in [0.25, 0.3) is 22.0 Å². The van der Waals surface area contributed by atoms with Crippen LogP contribution in [0.5, 0.6) is 0 Å². The van der Waals surface area contributed by atoms with Crippen molar-refractivity contribution in [2.75, 3.05) is 0 Å². The summed E-state index contributed by atoms with van der Waals surface area (Å²) < 4.78 is 2.17. The first-order valence-corrected chi connectivity index (χ1v) is 8.45. The van der Waals surface area contributed by atoms with Gasteiger partial charge in [0.25, 0.3) is 0 Å². The third kappa shape index (κ3) is 2.18. The van der Waals surface area contributed by atoms with E-state index in [1.807, 2.05) is 54.7 Å². The minimum absolute atomic E-state index is 0.0723. The lowest BCUT2D eigenvalue weighted by atomic mass is 9.98. The Morgan fingerprint density at radius 1 is 0.800 bits per heavy atom. The summed E-state index contributed by atoms with van der Waals surface area (Å²) >= 11 is 0. The van der Waals surface area contributed by atoms with Gasteiger partial charge in [-0.2, -0.15) is 4.57 Å². The van der Waals surface area contributed by atoms with Gasteiger partial charge in [0.05, 0.1) is 11.1 Å². The second kappa shape index (κ2) is 5.38. The average molecular weight is 322 g/mol. The number of carbonyl (C=O) groups is 1. The first-order chi connectivity index (χ1) is 12.3. The topological polar surface area (TPSA) is 20.9 Å². The van der Waals surface area contributed by atoms with E-state index in [9.17, 15) is 4.79 Å². The minimum atomic E-state index is 0.0723. The Morgan fingerprint density at radius 3 is 2.56 bits per heavy atom. The van der Waals surface area contributed by atoms with E-state index in [0.29, 0.717) is 0 Å². The predicted molar refractivity (Wildman–Crippen MR) is 98.6 cm³/mol. The number of benzene rings is 3. The van der Waals surface area contributed by atoms with E-state index in [2.05, 4.69) is 34.9 Å². The molecular weight excluding hydrogens is 306 g/mol. The van der Waals surface area contributed by atoms with Crippen LogP contribution in [0, 0.1) is 0 Å². The molecule has 1 aliphatic heterocycles. The van der Waals surface area contributed by atoms with E-state index in [1.54, 1.807) is 0 Å². The minimum Gasteiger partial charge on any atom is -0.288 e. The Kier molecular flexibility index (Phi) is 3.04. The number of ketones is 1. The van der Waals surface area contributed by atoms with Gasteiger partial charge in [-0.15, -0.1) is 0 Å². The van der Waals surface area contributed by atoms with E-state index >= 15 is 0 Å². The van der Waals surface area contributed by atoms with Crippen molar-refractivity contribution in [3.63, 3.8) is 0 Å². The Hall–Kier alpha value is -3.26. The highest BCUT2D eigenvalue weighted by molar-refractivity contribution is 6.16. The maximum absolute atomic E-state index is 13.1. The van der Waals surface area contributed by atoms with Crippen LogP contribution < -0.4 is 4.57 Å². The molecule has 0 spiro atoms. The molecule has 5 rings (SSSR count). The molecule has 0 atom stereocenters. The molecule has 4 aromatic rings. The second-order valence-corrected chi connectivity index (χ2v) is 6.44. The zero-order chi connectivity index (χ0) is 16.8. The second-order valence-electron chi connectivity index (χ2n) is 6.44. The van der Waals surface area contributed by atoms with Crippen LogP contribution in [0.4, 0.5) is 0 Å². The van der Waals surface area contributed by atoms with E-state index in [1.165, 1.54) is 16.8 Å². The summed E-state index contributed by atoms with van der Waals surface area (Å²) in [7, 11) is 0. The van der Waals surface area contributed by atoms with E-state index in [-0.39, 0.29) is 5.78 Å². The van der Waals surface area contributed by atoms with Crippen LogP contribution in [-0.2, 0) is 6.54 Å². The van der Waals surface area contributed by atoms with Crippen LogP contribution in [-0.4, -0.2) is 5.78 Å². The SMILES string of the molecule is O=C(c1ccc2[n+](c1)Cc1ccccc1-2)c1cccc2ccccc12. The van der Waals surface area contributed by atoms with Gasteiger partial charge in [-0.3, -0.25) is 4.79 Å². The van der Waals surface area contributed by atoms with Crippen molar-refractivity contribution in [3.05, 3.63) is 102 Å². The number of pyridine rings is 1. The average Bonchev–Trinajstić information content (AvgIpc) is 3.04. The summed E-state index contributed by atoms with van der Waals surface area (Å²) in [6.45, 7) is 0.822. The lowest BCUT2D eigenvalue weighted by molar-refractivity contribution is -0.672. The van der Waals surface area contributed by atoms with Gasteiger partial charge in [-0.25, -0.2) is 0 Å².